The van der Waals surface area contributed by atoms with Crippen LogP contribution in [0, 0.1) is 29.6 Å². The van der Waals surface area contributed by atoms with Gasteiger partial charge in [-0.1, -0.05) is 6.92 Å². The molecule has 0 aromatic carbocycles. The zero-order chi connectivity index (χ0) is 6.17. The van der Waals surface area contributed by atoms with Gasteiger partial charge < -0.3 is 0 Å². The molecule has 1 heteroatoms. The second-order valence-corrected chi connectivity index (χ2v) is 3.87. The van der Waals surface area contributed by atoms with E-state index in [4.69, 9.17) is 0 Å². The Morgan fingerprint density at radius 3 is 2.44 bits per heavy atom. The predicted molar refractivity (Wildman–Crippen MR) is 32.7 cm³/mol. The Kier molecular flexibility index (Phi) is 0.487. The molecule has 1 nitrogen and oxygen atoms in total. The average molecular weight is 122 g/mol. The maximum absolute atomic E-state index is 11.2. The largest absolute Gasteiger partial charge is 0.299 e. The first kappa shape index (κ1) is 4.48. The van der Waals surface area contributed by atoms with Gasteiger partial charge in [-0.2, -0.15) is 0 Å². The second kappa shape index (κ2) is 0.979. The molecular weight excluding hydrogens is 112 g/mol. The number of rotatable bonds is 0. The van der Waals surface area contributed by atoms with Gasteiger partial charge in [0.15, 0.2) is 0 Å². The monoisotopic (exact) mass is 122 g/mol. The lowest BCUT2D eigenvalue weighted by atomic mass is 10.0. The van der Waals surface area contributed by atoms with Crippen LogP contribution < -0.4 is 0 Å². The van der Waals surface area contributed by atoms with Gasteiger partial charge in [-0.05, 0) is 24.2 Å². The quantitative estimate of drug-likeness (QED) is 0.470. The Hall–Kier alpha value is -0.330. The summed E-state index contributed by atoms with van der Waals surface area (Å²) in [6.45, 7) is 2.25. The lowest BCUT2D eigenvalue weighted by molar-refractivity contribution is -0.121. The molecule has 0 aliphatic heterocycles. The Morgan fingerprint density at radius 1 is 1.56 bits per heavy atom. The van der Waals surface area contributed by atoms with E-state index in [-0.39, 0.29) is 0 Å². The highest BCUT2D eigenvalue weighted by Crippen LogP contribution is 2.70. The molecule has 0 amide bonds. The summed E-state index contributed by atoms with van der Waals surface area (Å²) in [5, 5.41) is 0. The van der Waals surface area contributed by atoms with Gasteiger partial charge in [0.2, 0.25) is 0 Å². The second-order valence-electron chi connectivity index (χ2n) is 3.87. The number of Topliss-reactive ketones (excluding diaryl/α,β-unsaturated/α-hetero) is 1. The number of carbonyl (C=O) groups is 1. The molecule has 0 spiro atoms. The summed E-state index contributed by atoms with van der Waals surface area (Å²) < 4.78 is 0. The molecule has 4 bridgehead atoms. The van der Waals surface area contributed by atoms with Gasteiger partial charge in [0, 0.05) is 11.8 Å². The van der Waals surface area contributed by atoms with Gasteiger partial charge in [-0.15, -0.1) is 0 Å². The summed E-state index contributed by atoms with van der Waals surface area (Å²) in [5.41, 5.74) is 0. The van der Waals surface area contributed by atoms with Gasteiger partial charge >= 0.3 is 0 Å². The number of hydrogen-bond donors (Lipinski definition) is 0. The zero-order valence-corrected chi connectivity index (χ0v) is 5.50. The molecule has 4 fully saturated rings. The molecule has 0 radical (unpaired) electrons. The first-order chi connectivity index (χ1) is 4.30. The Balaban J connectivity index is 2.16. The molecule has 0 saturated heterocycles. The highest BCUT2D eigenvalue weighted by molar-refractivity contribution is 5.92. The van der Waals surface area contributed by atoms with E-state index in [1.54, 1.807) is 0 Å². The minimum atomic E-state index is 0.505. The maximum atomic E-state index is 11.2. The van der Waals surface area contributed by atoms with Gasteiger partial charge in [-0.25, -0.2) is 0 Å². The number of ketones is 1. The molecule has 9 heavy (non-hydrogen) atoms. The van der Waals surface area contributed by atoms with E-state index in [9.17, 15) is 4.79 Å². The van der Waals surface area contributed by atoms with Crippen LogP contribution in [0.4, 0.5) is 0 Å². The van der Waals surface area contributed by atoms with Crippen molar-refractivity contribution in [1.29, 1.82) is 0 Å². The van der Waals surface area contributed by atoms with E-state index < -0.39 is 0 Å². The zero-order valence-electron chi connectivity index (χ0n) is 5.50. The van der Waals surface area contributed by atoms with Crippen LogP contribution in [0.5, 0.6) is 0 Å². The normalized spacial score (nSPS) is 67.2. The van der Waals surface area contributed by atoms with Crippen LogP contribution in [0.2, 0.25) is 0 Å². The van der Waals surface area contributed by atoms with Crippen molar-refractivity contribution in [2.24, 2.45) is 29.6 Å². The molecule has 4 aliphatic rings. The molecule has 4 saturated carbocycles. The van der Waals surface area contributed by atoms with Crippen LogP contribution in [-0.4, -0.2) is 5.78 Å². The third kappa shape index (κ3) is 0.280. The van der Waals surface area contributed by atoms with E-state index in [1.807, 2.05) is 0 Å². The predicted octanol–water partition coefficient (Wildman–Crippen LogP) is 1.09. The lowest BCUT2D eigenvalue weighted by Crippen LogP contribution is -2.07. The van der Waals surface area contributed by atoms with Crippen LogP contribution in [-0.2, 0) is 4.79 Å². The molecule has 0 aromatic heterocycles. The van der Waals surface area contributed by atoms with Gasteiger partial charge in [-0.3, -0.25) is 4.79 Å². The molecule has 5 atom stereocenters. The summed E-state index contributed by atoms with van der Waals surface area (Å²) in [5.74, 6) is 4.14. The van der Waals surface area contributed by atoms with Crippen LogP contribution in [0.3, 0.4) is 0 Å². The summed E-state index contributed by atoms with van der Waals surface area (Å²) in [6, 6.07) is 0. The molecule has 2 unspecified atom stereocenters. The molecule has 4 aliphatic carbocycles. The Morgan fingerprint density at radius 2 is 2.33 bits per heavy atom. The Bertz CT molecular complexity index is 197. The minimum absolute atomic E-state index is 0.505. The summed E-state index contributed by atoms with van der Waals surface area (Å²) in [6.07, 6.45) is 1.25. The number of carbonyl (C=O) groups excluding carboxylic acids is 1. The van der Waals surface area contributed by atoms with Crippen molar-refractivity contribution in [3.8, 4) is 0 Å². The van der Waals surface area contributed by atoms with Gasteiger partial charge in [0.05, 0.1) is 0 Å². The van der Waals surface area contributed by atoms with Crippen molar-refractivity contribution >= 4 is 5.78 Å². The fourth-order valence-corrected chi connectivity index (χ4v) is 3.22. The molecule has 4 rings (SSSR count). The summed E-state index contributed by atoms with van der Waals surface area (Å²) in [4.78, 5) is 11.2. The fraction of sp³-hybridized carbons (Fsp3) is 0.875. The van der Waals surface area contributed by atoms with Crippen molar-refractivity contribution in [3.05, 3.63) is 0 Å². The first-order valence-electron chi connectivity index (χ1n) is 3.84. The van der Waals surface area contributed by atoms with Crippen molar-refractivity contribution in [1.82, 2.24) is 0 Å². The van der Waals surface area contributed by atoms with E-state index >= 15 is 0 Å². The summed E-state index contributed by atoms with van der Waals surface area (Å²) in [7, 11) is 0. The van der Waals surface area contributed by atoms with Crippen molar-refractivity contribution < 1.29 is 4.79 Å². The van der Waals surface area contributed by atoms with E-state index in [1.165, 1.54) is 6.42 Å². The molecular formula is C8H10O. The highest BCUT2D eigenvalue weighted by atomic mass is 16.1. The third-order valence-corrected chi connectivity index (χ3v) is 3.69. The van der Waals surface area contributed by atoms with Gasteiger partial charge in [0.25, 0.3) is 0 Å². The standard InChI is InChI=1S/C8H10O/c1-3-4-2-5-6(3)7(5)8(4)9/h3-7H,2H2,1H3/t3-,4+,5+,6?,7?/m1/s1. The van der Waals surface area contributed by atoms with Gasteiger partial charge in [0.1, 0.15) is 5.78 Å². The SMILES string of the molecule is C[C@H]1C2C3C(=O)[C@H]1C[C@H]32. The summed E-state index contributed by atoms with van der Waals surface area (Å²) >= 11 is 0. The molecule has 0 N–H and O–H groups in total. The van der Waals surface area contributed by atoms with Crippen LogP contribution in [0.25, 0.3) is 0 Å². The lowest BCUT2D eigenvalue weighted by Gasteiger charge is -2.03. The Labute approximate surface area is 54.4 Å². The number of hydrogen-bond acceptors (Lipinski definition) is 1. The smallest absolute Gasteiger partial charge is 0.139 e. The molecule has 0 aromatic rings. The van der Waals surface area contributed by atoms with E-state index in [0.29, 0.717) is 17.6 Å². The minimum Gasteiger partial charge on any atom is -0.299 e. The van der Waals surface area contributed by atoms with Crippen LogP contribution in [0.15, 0.2) is 0 Å². The molecule has 0 heterocycles. The topological polar surface area (TPSA) is 17.1 Å². The highest BCUT2D eigenvalue weighted by Gasteiger charge is 2.72. The third-order valence-electron chi connectivity index (χ3n) is 3.69. The molecule has 48 valence electrons. The average Bonchev–Trinajstić information content (AvgIpc) is 2.18. The van der Waals surface area contributed by atoms with Crippen molar-refractivity contribution in [2.75, 3.05) is 0 Å². The first-order valence-corrected chi connectivity index (χ1v) is 3.84. The maximum Gasteiger partial charge on any atom is 0.139 e. The fourth-order valence-electron chi connectivity index (χ4n) is 3.22. The van der Waals surface area contributed by atoms with Crippen molar-refractivity contribution in [2.45, 2.75) is 13.3 Å². The van der Waals surface area contributed by atoms with E-state index in [0.717, 1.165) is 17.8 Å². The van der Waals surface area contributed by atoms with Crippen molar-refractivity contribution in [3.63, 3.8) is 0 Å². The van der Waals surface area contributed by atoms with E-state index in [2.05, 4.69) is 6.92 Å². The van der Waals surface area contributed by atoms with Crippen LogP contribution in [0.1, 0.15) is 13.3 Å². The van der Waals surface area contributed by atoms with Crippen LogP contribution >= 0.6 is 0 Å².